The predicted molar refractivity (Wildman–Crippen MR) is 61.0 cm³/mol. The Bertz CT molecular complexity index is 403. The molecule has 1 saturated heterocycles. The van der Waals surface area contributed by atoms with E-state index in [1.807, 2.05) is 30.3 Å². The SMILES string of the molecule is CC1NC(=O)CCN(c2ccccc2)C1=O. The van der Waals surface area contributed by atoms with Crippen molar-refractivity contribution < 1.29 is 9.59 Å². The number of hydrogen-bond donors (Lipinski definition) is 1. The first-order chi connectivity index (χ1) is 7.68. The van der Waals surface area contributed by atoms with Crippen LogP contribution in [-0.2, 0) is 9.59 Å². The monoisotopic (exact) mass is 218 g/mol. The molecule has 84 valence electrons. The molecule has 1 aliphatic rings. The maximum absolute atomic E-state index is 12.0. The van der Waals surface area contributed by atoms with Crippen molar-refractivity contribution in [3.63, 3.8) is 0 Å². The highest BCUT2D eigenvalue weighted by Gasteiger charge is 2.27. The van der Waals surface area contributed by atoms with E-state index in [9.17, 15) is 9.59 Å². The Morgan fingerprint density at radius 2 is 1.94 bits per heavy atom. The molecule has 1 aromatic carbocycles. The molecular weight excluding hydrogens is 204 g/mol. The van der Waals surface area contributed by atoms with Crippen LogP contribution < -0.4 is 10.2 Å². The Balaban J connectivity index is 2.27. The van der Waals surface area contributed by atoms with Gasteiger partial charge in [-0.1, -0.05) is 18.2 Å². The quantitative estimate of drug-likeness (QED) is 0.762. The summed E-state index contributed by atoms with van der Waals surface area (Å²) in [5.41, 5.74) is 0.843. The van der Waals surface area contributed by atoms with E-state index in [4.69, 9.17) is 0 Å². The number of para-hydroxylation sites is 1. The number of nitrogens with zero attached hydrogens (tertiary/aromatic N) is 1. The minimum absolute atomic E-state index is 0.0583. The van der Waals surface area contributed by atoms with Gasteiger partial charge in [0.1, 0.15) is 6.04 Å². The van der Waals surface area contributed by atoms with E-state index in [1.54, 1.807) is 11.8 Å². The summed E-state index contributed by atoms with van der Waals surface area (Å²) in [5, 5.41) is 2.66. The zero-order valence-corrected chi connectivity index (χ0v) is 9.14. The topological polar surface area (TPSA) is 49.4 Å². The van der Waals surface area contributed by atoms with Crippen LogP contribution >= 0.6 is 0 Å². The van der Waals surface area contributed by atoms with E-state index in [-0.39, 0.29) is 11.8 Å². The molecule has 1 heterocycles. The van der Waals surface area contributed by atoms with Crippen molar-refractivity contribution in [2.75, 3.05) is 11.4 Å². The fourth-order valence-electron chi connectivity index (χ4n) is 1.80. The standard InChI is InChI=1S/C12H14N2O2/c1-9-12(16)14(8-7-11(15)13-9)10-5-3-2-4-6-10/h2-6,9H,7-8H2,1H3,(H,13,15). The zero-order chi connectivity index (χ0) is 11.5. The van der Waals surface area contributed by atoms with Crippen molar-refractivity contribution in [2.45, 2.75) is 19.4 Å². The highest BCUT2D eigenvalue weighted by molar-refractivity contribution is 6.00. The van der Waals surface area contributed by atoms with Gasteiger partial charge in [-0.2, -0.15) is 0 Å². The number of carbonyl (C=O) groups is 2. The Kier molecular flexibility index (Phi) is 2.90. The molecule has 1 N–H and O–H groups in total. The lowest BCUT2D eigenvalue weighted by Crippen LogP contribution is -2.42. The molecule has 4 nitrogen and oxygen atoms in total. The largest absolute Gasteiger partial charge is 0.345 e. The lowest BCUT2D eigenvalue weighted by molar-refractivity contribution is -0.125. The number of amides is 2. The van der Waals surface area contributed by atoms with Crippen molar-refractivity contribution in [3.8, 4) is 0 Å². The van der Waals surface area contributed by atoms with E-state index in [1.165, 1.54) is 0 Å². The Labute approximate surface area is 94.2 Å². The molecule has 16 heavy (non-hydrogen) atoms. The van der Waals surface area contributed by atoms with Gasteiger partial charge >= 0.3 is 0 Å². The summed E-state index contributed by atoms with van der Waals surface area (Å²) in [6.07, 6.45) is 0.352. The summed E-state index contributed by atoms with van der Waals surface area (Å²) < 4.78 is 0. The molecule has 2 rings (SSSR count). The second-order valence-corrected chi connectivity index (χ2v) is 3.86. The van der Waals surface area contributed by atoms with Crippen LogP contribution in [0.2, 0.25) is 0 Å². The summed E-state index contributed by atoms with van der Waals surface area (Å²) in [6, 6.07) is 8.97. The van der Waals surface area contributed by atoms with E-state index < -0.39 is 6.04 Å². The van der Waals surface area contributed by atoms with E-state index in [0.29, 0.717) is 13.0 Å². The highest BCUT2D eigenvalue weighted by Crippen LogP contribution is 2.16. The fourth-order valence-corrected chi connectivity index (χ4v) is 1.80. The molecule has 0 bridgehead atoms. The molecule has 1 atom stereocenters. The van der Waals surface area contributed by atoms with E-state index >= 15 is 0 Å². The molecule has 4 heteroatoms. The van der Waals surface area contributed by atoms with Gasteiger partial charge in [-0.15, -0.1) is 0 Å². The lowest BCUT2D eigenvalue weighted by Gasteiger charge is -2.22. The van der Waals surface area contributed by atoms with Crippen LogP contribution in [0.3, 0.4) is 0 Å². The number of nitrogens with one attached hydrogen (secondary N) is 1. The van der Waals surface area contributed by atoms with Crippen LogP contribution in [0.25, 0.3) is 0 Å². The molecular formula is C12H14N2O2. The van der Waals surface area contributed by atoms with Crippen LogP contribution in [0.5, 0.6) is 0 Å². The number of benzene rings is 1. The fraction of sp³-hybridized carbons (Fsp3) is 0.333. The van der Waals surface area contributed by atoms with Gasteiger partial charge in [0.15, 0.2) is 0 Å². The van der Waals surface area contributed by atoms with Crippen LogP contribution in [0.4, 0.5) is 5.69 Å². The first-order valence-electron chi connectivity index (χ1n) is 5.34. The second kappa shape index (κ2) is 4.35. The number of hydrogen-bond acceptors (Lipinski definition) is 2. The van der Waals surface area contributed by atoms with Crippen molar-refractivity contribution in [1.82, 2.24) is 5.32 Å². The molecule has 2 amide bonds. The zero-order valence-electron chi connectivity index (χ0n) is 9.14. The van der Waals surface area contributed by atoms with Gasteiger partial charge in [0, 0.05) is 18.7 Å². The molecule has 0 aromatic heterocycles. The van der Waals surface area contributed by atoms with Gasteiger partial charge in [0.25, 0.3) is 0 Å². The summed E-state index contributed by atoms with van der Waals surface area (Å²) in [7, 11) is 0. The first kappa shape index (κ1) is 10.7. The van der Waals surface area contributed by atoms with Crippen LogP contribution in [-0.4, -0.2) is 24.4 Å². The summed E-state index contributed by atoms with van der Waals surface area (Å²) in [6.45, 7) is 2.15. The molecule has 1 aliphatic heterocycles. The Morgan fingerprint density at radius 1 is 1.25 bits per heavy atom. The van der Waals surface area contributed by atoms with Crippen molar-refractivity contribution in [3.05, 3.63) is 30.3 Å². The minimum Gasteiger partial charge on any atom is -0.345 e. The molecule has 1 unspecified atom stereocenters. The molecule has 0 spiro atoms. The number of carbonyl (C=O) groups excluding carboxylic acids is 2. The maximum atomic E-state index is 12.0. The maximum Gasteiger partial charge on any atom is 0.249 e. The third kappa shape index (κ3) is 2.05. The first-order valence-corrected chi connectivity index (χ1v) is 5.34. The van der Waals surface area contributed by atoms with Gasteiger partial charge in [-0.3, -0.25) is 9.59 Å². The van der Waals surface area contributed by atoms with Crippen LogP contribution in [0.15, 0.2) is 30.3 Å². The molecule has 0 aliphatic carbocycles. The van der Waals surface area contributed by atoms with Crippen LogP contribution in [0, 0.1) is 0 Å². The predicted octanol–water partition coefficient (Wildman–Crippen LogP) is 0.928. The number of rotatable bonds is 1. The Morgan fingerprint density at radius 3 is 2.62 bits per heavy atom. The smallest absolute Gasteiger partial charge is 0.249 e. The highest BCUT2D eigenvalue weighted by atomic mass is 16.2. The van der Waals surface area contributed by atoms with Crippen LogP contribution in [0.1, 0.15) is 13.3 Å². The van der Waals surface area contributed by atoms with Crippen molar-refractivity contribution in [1.29, 1.82) is 0 Å². The normalized spacial score (nSPS) is 21.6. The summed E-state index contributed by atoms with van der Waals surface area (Å²) >= 11 is 0. The van der Waals surface area contributed by atoms with Gasteiger partial charge in [0.2, 0.25) is 11.8 Å². The van der Waals surface area contributed by atoms with Gasteiger partial charge in [-0.25, -0.2) is 0 Å². The van der Waals surface area contributed by atoms with Gasteiger partial charge < -0.3 is 10.2 Å². The van der Waals surface area contributed by atoms with E-state index in [2.05, 4.69) is 5.32 Å². The van der Waals surface area contributed by atoms with Gasteiger partial charge in [-0.05, 0) is 19.1 Å². The average Bonchev–Trinajstić information content (AvgIpc) is 2.41. The van der Waals surface area contributed by atoms with Gasteiger partial charge in [0.05, 0.1) is 0 Å². The summed E-state index contributed by atoms with van der Waals surface area (Å²) in [4.78, 5) is 25.0. The van der Waals surface area contributed by atoms with E-state index in [0.717, 1.165) is 5.69 Å². The lowest BCUT2D eigenvalue weighted by atomic mass is 10.2. The second-order valence-electron chi connectivity index (χ2n) is 3.86. The van der Waals surface area contributed by atoms with Crippen molar-refractivity contribution in [2.24, 2.45) is 0 Å². The molecule has 0 saturated carbocycles. The average molecular weight is 218 g/mol. The molecule has 1 aromatic rings. The third-order valence-corrected chi connectivity index (χ3v) is 2.64. The third-order valence-electron chi connectivity index (χ3n) is 2.64. The van der Waals surface area contributed by atoms with Crippen molar-refractivity contribution >= 4 is 17.5 Å². The number of anilines is 1. The molecule has 1 fully saturated rings. The summed E-state index contributed by atoms with van der Waals surface area (Å²) in [5.74, 6) is -0.128. The molecule has 0 radical (unpaired) electrons. The minimum atomic E-state index is -0.449. The Hall–Kier alpha value is -1.84.